The first kappa shape index (κ1) is 21.5. The monoisotopic (exact) mass is 329 g/mol. The van der Waals surface area contributed by atoms with Crippen LogP contribution in [0.4, 0.5) is 0 Å². The van der Waals surface area contributed by atoms with Gasteiger partial charge in [0.2, 0.25) is 6.04 Å². The van der Waals surface area contributed by atoms with Gasteiger partial charge >= 0.3 is 5.97 Å². The number of unbranched alkanes of at least 4 members (excludes halogenated alkanes) is 7. The first-order valence-electron chi connectivity index (χ1n) is 8.67. The fraction of sp³-hybridized carbons (Fsp3) is 0.882. The van der Waals surface area contributed by atoms with Gasteiger partial charge in [0.1, 0.15) is 5.78 Å². The summed E-state index contributed by atoms with van der Waals surface area (Å²) in [4.78, 5) is 32.5. The Hall–Kier alpha value is -1.46. The Kier molecular flexibility index (Phi) is 13.3. The van der Waals surface area contributed by atoms with Crippen LogP contribution in [0.5, 0.6) is 0 Å². The highest BCUT2D eigenvalue weighted by atomic mass is 16.6. The van der Waals surface area contributed by atoms with E-state index in [0.29, 0.717) is 25.7 Å². The quantitative estimate of drug-likeness (QED) is 0.195. The van der Waals surface area contributed by atoms with Crippen molar-refractivity contribution in [1.29, 1.82) is 0 Å². The number of esters is 1. The molecular weight excluding hydrogens is 298 g/mol. The zero-order valence-corrected chi connectivity index (χ0v) is 14.6. The fourth-order valence-electron chi connectivity index (χ4n) is 2.54. The number of hydrogen-bond donors (Lipinski definition) is 0. The highest BCUT2D eigenvalue weighted by Crippen LogP contribution is 2.14. The predicted molar refractivity (Wildman–Crippen MR) is 88.9 cm³/mol. The third-order valence-corrected chi connectivity index (χ3v) is 4.02. The molecule has 0 aliphatic rings. The molecule has 0 aliphatic heterocycles. The lowest BCUT2D eigenvalue weighted by molar-refractivity contribution is -0.524. The molecule has 23 heavy (non-hydrogen) atoms. The molecule has 0 radical (unpaired) electrons. The van der Waals surface area contributed by atoms with Crippen molar-refractivity contribution in [1.82, 2.24) is 0 Å². The smallest absolute Gasteiger partial charge is 0.305 e. The highest BCUT2D eigenvalue weighted by Gasteiger charge is 2.19. The van der Waals surface area contributed by atoms with Crippen molar-refractivity contribution in [3.05, 3.63) is 10.1 Å². The van der Waals surface area contributed by atoms with Gasteiger partial charge in [0, 0.05) is 30.6 Å². The van der Waals surface area contributed by atoms with E-state index in [4.69, 9.17) is 0 Å². The summed E-state index contributed by atoms with van der Waals surface area (Å²) < 4.78 is 4.58. The highest BCUT2D eigenvalue weighted by molar-refractivity contribution is 5.75. The van der Waals surface area contributed by atoms with Crippen molar-refractivity contribution in [2.75, 3.05) is 7.11 Å². The van der Waals surface area contributed by atoms with Gasteiger partial charge in [0.05, 0.1) is 7.11 Å². The number of ether oxygens (including phenoxy) is 1. The molecule has 0 aliphatic carbocycles. The lowest BCUT2D eigenvalue weighted by Crippen LogP contribution is -2.20. The van der Waals surface area contributed by atoms with Gasteiger partial charge in [-0.1, -0.05) is 38.5 Å². The largest absolute Gasteiger partial charge is 0.469 e. The molecule has 1 atom stereocenters. The van der Waals surface area contributed by atoms with Crippen LogP contribution < -0.4 is 0 Å². The standard InChI is InChI=1S/C17H31NO5/c1-15(19)13-14-16(18(21)22)11-9-7-5-3-4-6-8-10-12-17(20)23-2/h16H,3-14H2,1-2H3. The summed E-state index contributed by atoms with van der Waals surface area (Å²) in [6.07, 6.45) is 10.0. The number of ketones is 1. The van der Waals surface area contributed by atoms with E-state index >= 15 is 0 Å². The molecule has 0 N–H and O–H groups in total. The summed E-state index contributed by atoms with van der Waals surface area (Å²) in [6, 6.07) is -0.572. The molecule has 6 heteroatoms. The van der Waals surface area contributed by atoms with Crippen LogP contribution in [0.25, 0.3) is 0 Å². The van der Waals surface area contributed by atoms with Crippen molar-refractivity contribution in [2.24, 2.45) is 0 Å². The van der Waals surface area contributed by atoms with Gasteiger partial charge < -0.3 is 9.53 Å². The molecule has 0 rings (SSSR count). The number of methoxy groups -OCH3 is 1. The summed E-state index contributed by atoms with van der Waals surface area (Å²) in [5.74, 6) is -0.126. The summed E-state index contributed by atoms with van der Waals surface area (Å²) in [5, 5.41) is 10.9. The number of carbonyl (C=O) groups is 2. The molecule has 0 fully saturated rings. The molecule has 0 bridgehead atoms. The maximum absolute atomic E-state index is 10.9. The first-order chi connectivity index (χ1) is 11.0. The summed E-state index contributed by atoms with van der Waals surface area (Å²) in [7, 11) is 1.41. The Balaban J connectivity index is 3.47. The van der Waals surface area contributed by atoms with Crippen molar-refractivity contribution in [3.8, 4) is 0 Å². The maximum Gasteiger partial charge on any atom is 0.305 e. The summed E-state index contributed by atoms with van der Waals surface area (Å²) in [5.41, 5.74) is 0. The van der Waals surface area contributed by atoms with Crippen LogP contribution in [0.1, 0.15) is 84.0 Å². The average Bonchev–Trinajstić information content (AvgIpc) is 2.50. The molecule has 0 spiro atoms. The second-order valence-electron chi connectivity index (χ2n) is 6.12. The Morgan fingerprint density at radius 2 is 1.43 bits per heavy atom. The molecule has 0 heterocycles. The van der Waals surface area contributed by atoms with Crippen LogP contribution in [0.2, 0.25) is 0 Å². The number of hydrogen-bond acceptors (Lipinski definition) is 5. The molecule has 1 unspecified atom stereocenters. The van der Waals surface area contributed by atoms with E-state index in [1.54, 1.807) is 0 Å². The second-order valence-corrected chi connectivity index (χ2v) is 6.12. The minimum Gasteiger partial charge on any atom is -0.469 e. The van der Waals surface area contributed by atoms with Crippen molar-refractivity contribution in [2.45, 2.75) is 90.0 Å². The summed E-state index contributed by atoms with van der Waals surface area (Å²) >= 11 is 0. The van der Waals surface area contributed by atoms with Crippen molar-refractivity contribution < 1.29 is 19.2 Å². The van der Waals surface area contributed by atoms with Crippen LogP contribution >= 0.6 is 0 Å². The molecule has 6 nitrogen and oxygen atoms in total. The molecule has 0 saturated heterocycles. The predicted octanol–water partition coefficient (Wildman–Crippen LogP) is 4.07. The van der Waals surface area contributed by atoms with Gasteiger partial charge in [0.15, 0.2) is 0 Å². The van der Waals surface area contributed by atoms with Crippen molar-refractivity contribution >= 4 is 11.8 Å². The molecule has 0 amide bonds. The van der Waals surface area contributed by atoms with Gasteiger partial charge in [-0.25, -0.2) is 0 Å². The van der Waals surface area contributed by atoms with Crippen LogP contribution in [-0.4, -0.2) is 29.8 Å². The Bertz CT molecular complexity index is 357. The van der Waals surface area contributed by atoms with Gasteiger partial charge in [-0.15, -0.1) is 0 Å². The molecule has 0 aromatic carbocycles. The van der Waals surface area contributed by atoms with Gasteiger partial charge in [0.25, 0.3) is 0 Å². The Morgan fingerprint density at radius 3 is 1.91 bits per heavy atom. The van der Waals surface area contributed by atoms with E-state index in [9.17, 15) is 19.7 Å². The molecule has 134 valence electrons. The van der Waals surface area contributed by atoms with E-state index in [2.05, 4.69) is 4.74 Å². The third kappa shape index (κ3) is 13.9. The van der Waals surface area contributed by atoms with E-state index < -0.39 is 6.04 Å². The normalized spacial score (nSPS) is 11.9. The van der Waals surface area contributed by atoms with Crippen LogP contribution in [-0.2, 0) is 14.3 Å². The zero-order valence-electron chi connectivity index (χ0n) is 14.6. The first-order valence-corrected chi connectivity index (χ1v) is 8.67. The molecule has 0 saturated carbocycles. The second kappa shape index (κ2) is 14.2. The van der Waals surface area contributed by atoms with Crippen LogP contribution in [0, 0.1) is 10.1 Å². The van der Waals surface area contributed by atoms with E-state index in [1.165, 1.54) is 14.0 Å². The minimum atomic E-state index is -0.572. The number of rotatable bonds is 15. The molecule has 0 aromatic heterocycles. The Morgan fingerprint density at radius 1 is 0.913 bits per heavy atom. The third-order valence-electron chi connectivity index (χ3n) is 4.02. The van der Waals surface area contributed by atoms with E-state index in [1.807, 2.05) is 0 Å². The Labute approximate surface area is 139 Å². The van der Waals surface area contributed by atoms with E-state index in [0.717, 1.165) is 51.4 Å². The van der Waals surface area contributed by atoms with Gasteiger partial charge in [-0.3, -0.25) is 14.9 Å². The number of nitrogens with zero attached hydrogens (tertiary/aromatic N) is 1. The van der Waals surface area contributed by atoms with Gasteiger partial charge in [-0.2, -0.15) is 0 Å². The zero-order chi connectivity index (χ0) is 17.5. The average molecular weight is 329 g/mol. The van der Waals surface area contributed by atoms with E-state index in [-0.39, 0.29) is 16.7 Å². The van der Waals surface area contributed by atoms with Gasteiger partial charge in [-0.05, 0) is 19.8 Å². The fourth-order valence-corrected chi connectivity index (χ4v) is 2.54. The van der Waals surface area contributed by atoms with Crippen LogP contribution in [0.15, 0.2) is 0 Å². The topological polar surface area (TPSA) is 86.5 Å². The number of Topliss-reactive ketones (excluding diaryl/α,β-unsaturated/α-hetero) is 1. The summed E-state index contributed by atoms with van der Waals surface area (Å²) in [6.45, 7) is 1.47. The van der Waals surface area contributed by atoms with Crippen molar-refractivity contribution in [3.63, 3.8) is 0 Å². The molecular formula is C17H31NO5. The SMILES string of the molecule is COC(=O)CCCCCCCCCCC(CCC(C)=O)[N+](=O)[O-]. The van der Waals surface area contributed by atoms with Crippen LogP contribution in [0.3, 0.4) is 0 Å². The molecule has 0 aromatic rings. The number of carbonyl (C=O) groups excluding carboxylic acids is 2. The number of nitro groups is 1. The maximum atomic E-state index is 10.9. The lowest BCUT2D eigenvalue weighted by Gasteiger charge is -2.08. The lowest BCUT2D eigenvalue weighted by atomic mass is 10.0. The minimum absolute atomic E-state index is 0.0176.